The second kappa shape index (κ2) is 8.37. The number of nitrogens with zero attached hydrogens (tertiary/aromatic N) is 2. The van der Waals surface area contributed by atoms with Crippen molar-refractivity contribution in [2.45, 2.75) is 12.8 Å². The van der Waals surface area contributed by atoms with Crippen molar-refractivity contribution in [2.24, 2.45) is 28.8 Å². The number of fused-ring (bicyclic) bond motifs is 5. The minimum Gasteiger partial charge on any atom is -0.493 e. The van der Waals surface area contributed by atoms with E-state index in [1.165, 1.54) is 20.4 Å². The van der Waals surface area contributed by atoms with E-state index in [9.17, 15) is 14.4 Å². The van der Waals surface area contributed by atoms with Gasteiger partial charge in [0.1, 0.15) is 0 Å². The molecular formula is C23H24N2O6. The van der Waals surface area contributed by atoms with Crippen molar-refractivity contribution >= 4 is 24.0 Å². The van der Waals surface area contributed by atoms with E-state index in [-0.39, 0.29) is 42.1 Å². The largest absolute Gasteiger partial charge is 0.493 e. The summed E-state index contributed by atoms with van der Waals surface area (Å²) < 4.78 is 15.6. The van der Waals surface area contributed by atoms with Crippen LogP contribution in [-0.2, 0) is 25.5 Å². The van der Waals surface area contributed by atoms with Crippen LogP contribution in [0.4, 0.5) is 0 Å². The molecule has 0 aromatic heterocycles. The Bertz CT molecular complexity index is 968. The number of benzene rings is 1. The van der Waals surface area contributed by atoms with Crippen LogP contribution < -0.4 is 9.47 Å². The van der Waals surface area contributed by atoms with Crippen molar-refractivity contribution in [3.05, 3.63) is 48.1 Å². The van der Waals surface area contributed by atoms with Gasteiger partial charge < -0.3 is 14.2 Å². The van der Waals surface area contributed by atoms with Gasteiger partial charge in [0.2, 0.25) is 0 Å². The van der Waals surface area contributed by atoms with Gasteiger partial charge in [-0.15, -0.1) is 6.58 Å². The molecule has 162 valence electrons. The maximum absolute atomic E-state index is 12.8. The third-order valence-electron chi connectivity index (χ3n) is 6.07. The molecule has 3 aliphatic rings. The monoisotopic (exact) mass is 424 g/mol. The molecule has 0 N–H and O–H groups in total. The Morgan fingerprint density at radius 3 is 2.45 bits per heavy atom. The number of ether oxygens (including phenoxy) is 3. The van der Waals surface area contributed by atoms with E-state index >= 15 is 0 Å². The van der Waals surface area contributed by atoms with Gasteiger partial charge in [0.05, 0.1) is 32.3 Å². The highest BCUT2D eigenvalue weighted by molar-refractivity contribution is 6.06. The molecule has 2 aliphatic carbocycles. The number of allylic oxidation sites excluding steroid dienone is 3. The minimum absolute atomic E-state index is 0.136. The standard InChI is InChI=1S/C23H24N2O6/c1-4-5-16-8-13(9-17(29-2)21(16)31-12-18(26)30-3)11-24-25-22(27)19-14-6-7-15(10-14)20(19)23(25)28/h4,6-9,11,14-15,19-20H,1,5,10,12H2,2-3H3/t14-,15-,19-,20+/m0/s1. The molecule has 0 radical (unpaired) electrons. The van der Waals surface area contributed by atoms with E-state index in [4.69, 9.17) is 9.47 Å². The summed E-state index contributed by atoms with van der Waals surface area (Å²) in [6.45, 7) is 3.49. The van der Waals surface area contributed by atoms with Crippen molar-refractivity contribution in [3.63, 3.8) is 0 Å². The lowest BCUT2D eigenvalue weighted by atomic mass is 9.85. The van der Waals surface area contributed by atoms with Crippen molar-refractivity contribution in [3.8, 4) is 11.5 Å². The molecule has 0 spiro atoms. The van der Waals surface area contributed by atoms with Gasteiger partial charge in [-0.25, -0.2) is 4.79 Å². The molecule has 8 heteroatoms. The third kappa shape index (κ3) is 3.62. The molecule has 1 aromatic rings. The molecule has 4 atom stereocenters. The van der Waals surface area contributed by atoms with Gasteiger partial charge in [0.25, 0.3) is 11.8 Å². The third-order valence-corrected chi connectivity index (χ3v) is 6.07. The Kier molecular flexibility index (Phi) is 5.63. The number of carbonyl (C=O) groups is 3. The summed E-state index contributed by atoms with van der Waals surface area (Å²) in [6.07, 6.45) is 8.58. The summed E-state index contributed by atoms with van der Waals surface area (Å²) in [4.78, 5) is 37.0. The number of hydrazone groups is 1. The van der Waals surface area contributed by atoms with Gasteiger partial charge >= 0.3 is 5.97 Å². The summed E-state index contributed by atoms with van der Waals surface area (Å²) in [7, 11) is 2.76. The highest BCUT2D eigenvalue weighted by atomic mass is 16.6. The summed E-state index contributed by atoms with van der Waals surface area (Å²) >= 11 is 0. The first kappa shape index (κ1) is 20.8. The van der Waals surface area contributed by atoms with E-state index in [0.29, 0.717) is 23.5 Å². The van der Waals surface area contributed by atoms with E-state index in [0.717, 1.165) is 17.0 Å². The average molecular weight is 424 g/mol. The van der Waals surface area contributed by atoms with Crippen molar-refractivity contribution in [2.75, 3.05) is 20.8 Å². The lowest BCUT2D eigenvalue weighted by Crippen LogP contribution is -2.28. The molecule has 31 heavy (non-hydrogen) atoms. The second-order valence-electron chi connectivity index (χ2n) is 7.80. The Morgan fingerprint density at radius 1 is 1.19 bits per heavy atom. The quantitative estimate of drug-likeness (QED) is 0.275. The number of methoxy groups -OCH3 is 2. The number of amides is 2. The molecule has 1 aromatic carbocycles. The van der Waals surface area contributed by atoms with Gasteiger partial charge in [-0.1, -0.05) is 18.2 Å². The van der Waals surface area contributed by atoms with Gasteiger partial charge in [-0.3, -0.25) is 9.59 Å². The van der Waals surface area contributed by atoms with Gasteiger partial charge in [-0.2, -0.15) is 10.1 Å². The molecule has 2 amide bonds. The first-order valence-corrected chi connectivity index (χ1v) is 10.1. The van der Waals surface area contributed by atoms with Gasteiger partial charge in [-0.05, 0) is 42.4 Å². The Morgan fingerprint density at radius 2 is 1.87 bits per heavy atom. The zero-order valence-corrected chi connectivity index (χ0v) is 17.4. The van der Waals surface area contributed by atoms with Crippen LogP contribution in [0.15, 0.2) is 42.0 Å². The number of hydrogen-bond acceptors (Lipinski definition) is 7. The molecule has 2 fully saturated rings. The van der Waals surface area contributed by atoms with E-state index in [1.807, 2.05) is 12.2 Å². The normalized spacial score (nSPS) is 25.9. The zero-order chi connectivity index (χ0) is 22.1. The fraction of sp³-hybridized carbons (Fsp3) is 0.391. The minimum atomic E-state index is -0.516. The maximum atomic E-state index is 12.8. The Hall–Kier alpha value is -3.42. The molecule has 1 aliphatic heterocycles. The van der Waals surface area contributed by atoms with Crippen molar-refractivity contribution in [1.82, 2.24) is 5.01 Å². The van der Waals surface area contributed by atoms with Crippen LogP contribution in [0.5, 0.6) is 11.5 Å². The van der Waals surface area contributed by atoms with Crippen LogP contribution in [0.1, 0.15) is 17.5 Å². The van der Waals surface area contributed by atoms with Crippen molar-refractivity contribution in [1.29, 1.82) is 0 Å². The van der Waals surface area contributed by atoms with Crippen LogP contribution in [0.25, 0.3) is 0 Å². The molecule has 4 rings (SSSR count). The summed E-state index contributed by atoms with van der Waals surface area (Å²) in [6, 6.07) is 3.46. The van der Waals surface area contributed by atoms with Crippen LogP contribution in [0.2, 0.25) is 0 Å². The van der Waals surface area contributed by atoms with Crippen LogP contribution >= 0.6 is 0 Å². The highest BCUT2D eigenvalue weighted by Crippen LogP contribution is 2.52. The van der Waals surface area contributed by atoms with Gasteiger partial charge in [0.15, 0.2) is 18.1 Å². The van der Waals surface area contributed by atoms with Crippen LogP contribution in [-0.4, -0.2) is 49.8 Å². The second-order valence-corrected chi connectivity index (χ2v) is 7.80. The van der Waals surface area contributed by atoms with Crippen LogP contribution in [0.3, 0.4) is 0 Å². The molecule has 8 nitrogen and oxygen atoms in total. The number of esters is 1. The topological polar surface area (TPSA) is 94.5 Å². The molecule has 1 saturated carbocycles. The lowest BCUT2D eigenvalue weighted by Gasteiger charge is -2.15. The first-order chi connectivity index (χ1) is 15.0. The molecule has 1 heterocycles. The fourth-order valence-electron chi connectivity index (χ4n) is 4.70. The summed E-state index contributed by atoms with van der Waals surface area (Å²) in [5.74, 6) is -0.511. The molecule has 0 unspecified atom stereocenters. The lowest BCUT2D eigenvalue weighted by molar-refractivity contribution is -0.143. The number of carbonyl (C=O) groups excluding carboxylic acids is 3. The van der Waals surface area contributed by atoms with E-state index < -0.39 is 5.97 Å². The van der Waals surface area contributed by atoms with Gasteiger partial charge in [0, 0.05) is 5.56 Å². The summed E-state index contributed by atoms with van der Waals surface area (Å²) in [5.41, 5.74) is 1.34. The molecular weight excluding hydrogens is 400 g/mol. The maximum Gasteiger partial charge on any atom is 0.343 e. The summed E-state index contributed by atoms with van der Waals surface area (Å²) in [5, 5.41) is 5.22. The predicted octanol–water partition coefficient (Wildman–Crippen LogP) is 2.12. The number of imide groups is 1. The van der Waals surface area contributed by atoms with Crippen LogP contribution in [0, 0.1) is 23.7 Å². The smallest absolute Gasteiger partial charge is 0.343 e. The zero-order valence-electron chi connectivity index (χ0n) is 17.4. The highest BCUT2D eigenvalue weighted by Gasteiger charge is 2.59. The van der Waals surface area contributed by atoms with Crippen molar-refractivity contribution < 1.29 is 28.6 Å². The Balaban J connectivity index is 1.58. The van der Waals surface area contributed by atoms with E-state index in [1.54, 1.807) is 18.2 Å². The predicted molar refractivity (Wildman–Crippen MR) is 112 cm³/mol. The molecule has 2 bridgehead atoms. The van der Waals surface area contributed by atoms with E-state index in [2.05, 4.69) is 16.4 Å². The fourth-order valence-corrected chi connectivity index (χ4v) is 4.70. The first-order valence-electron chi connectivity index (χ1n) is 10.1. The number of rotatable bonds is 8. The molecule has 1 saturated heterocycles. The number of hydrogen-bond donors (Lipinski definition) is 0. The average Bonchev–Trinajstić information content (AvgIpc) is 3.45. The SMILES string of the molecule is C=CCc1cc(C=NN2C(=O)[C@@H]3[C@H](C2=O)[C@H]2C=C[C@H]3C2)cc(OC)c1OCC(=O)OC. The Labute approximate surface area is 180 Å².